The second-order valence-corrected chi connectivity index (χ2v) is 10.5. The third kappa shape index (κ3) is 8.11. The quantitative estimate of drug-likeness (QED) is 0.380. The number of likely N-dealkylation sites (tertiary alicyclic amines) is 1. The van der Waals surface area contributed by atoms with Gasteiger partial charge in [0.05, 0.1) is 0 Å². The lowest BCUT2D eigenvalue weighted by Crippen LogP contribution is -2.53. The molecule has 2 aromatic rings. The van der Waals surface area contributed by atoms with Crippen LogP contribution in [0.15, 0.2) is 48.8 Å². The van der Waals surface area contributed by atoms with Crippen molar-refractivity contribution in [3.63, 3.8) is 0 Å². The zero-order chi connectivity index (χ0) is 29.1. The molecule has 2 saturated heterocycles. The normalized spacial score (nSPS) is 20.6. The molecule has 0 aliphatic carbocycles. The molecule has 3 heterocycles. The van der Waals surface area contributed by atoms with E-state index in [0.29, 0.717) is 25.3 Å². The van der Waals surface area contributed by atoms with E-state index in [1.54, 1.807) is 24.3 Å². The van der Waals surface area contributed by atoms with Gasteiger partial charge in [-0.05, 0) is 79.9 Å². The number of aryl methyl sites for hydroxylation is 1. The summed E-state index contributed by atoms with van der Waals surface area (Å²) in [7, 11) is 1.56. The van der Waals surface area contributed by atoms with Gasteiger partial charge in [0.15, 0.2) is 0 Å². The lowest BCUT2D eigenvalue weighted by molar-refractivity contribution is -0.139. The first kappa shape index (κ1) is 31.2. The number of hydrogen-bond acceptors (Lipinski definition) is 6. The number of nitrogens with one attached hydrogen (secondary N) is 3. The minimum absolute atomic E-state index is 0.122. The molecule has 5 N–H and O–H groups in total. The second kappa shape index (κ2) is 15.5. The van der Waals surface area contributed by atoms with Crippen molar-refractivity contribution in [1.29, 1.82) is 0 Å². The summed E-state index contributed by atoms with van der Waals surface area (Å²) in [5.41, 5.74) is 9.35. The fourth-order valence-corrected chi connectivity index (χ4v) is 5.87. The molecule has 4 atom stereocenters. The molecule has 1 aromatic carbocycles. The Balaban J connectivity index is 0.00000216. The maximum Gasteiger partial charge on any atom is 0.243 e. The van der Waals surface area contributed by atoms with Crippen LogP contribution in [0.4, 0.5) is 0 Å². The molecule has 9 nitrogen and oxygen atoms in total. The second-order valence-electron chi connectivity index (χ2n) is 10.5. The molecular formula is C31H46N6O3. The van der Waals surface area contributed by atoms with Gasteiger partial charge in [-0.2, -0.15) is 0 Å². The van der Waals surface area contributed by atoms with Crippen LogP contribution in [0.3, 0.4) is 0 Å². The van der Waals surface area contributed by atoms with Crippen LogP contribution in [-0.2, 0) is 20.8 Å². The minimum atomic E-state index is -0.751. The summed E-state index contributed by atoms with van der Waals surface area (Å²) in [5.74, 6) is 0.0125. The Labute approximate surface area is 238 Å². The van der Waals surface area contributed by atoms with Gasteiger partial charge in [-0.3, -0.25) is 19.4 Å². The van der Waals surface area contributed by atoms with Crippen molar-refractivity contribution < 1.29 is 14.4 Å². The highest BCUT2D eigenvalue weighted by atomic mass is 16.2. The number of pyridine rings is 1. The van der Waals surface area contributed by atoms with Crippen molar-refractivity contribution in [2.75, 3.05) is 26.7 Å². The number of rotatable bonds is 9. The van der Waals surface area contributed by atoms with Gasteiger partial charge < -0.3 is 26.6 Å². The zero-order valence-electron chi connectivity index (χ0n) is 24.4. The SMILES string of the molecule is CC.CNC(=O)C(Cc1ccncc1)NC(=O)[C@@H]1CC(C2CCNCC2)CN1C(=O)C[C@H](N)c1ccccc1C. The van der Waals surface area contributed by atoms with Gasteiger partial charge in [0.1, 0.15) is 12.1 Å². The maximum absolute atomic E-state index is 13.7. The van der Waals surface area contributed by atoms with E-state index < -0.39 is 18.1 Å². The third-order valence-electron chi connectivity index (χ3n) is 8.06. The Hall–Kier alpha value is -3.30. The number of piperidine rings is 1. The van der Waals surface area contributed by atoms with Crippen LogP contribution in [0, 0.1) is 18.8 Å². The number of nitrogens with zero attached hydrogens (tertiary/aromatic N) is 2. The maximum atomic E-state index is 13.7. The zero-order valence-corrected chi connectivity index (χ0v) is 24.4. The summed E-state index contributed by atoms with van der Waals surface area (Å²) in [5, 5.41) is 9.00. The largest absolute Gasteiger partial charge is 0.357 e. The number of aromatic nitrogens is 1. The molecule has 40 heavy (non-hydrogen) atoms. The number of carbonyl (C=O) groups is 3. The highest BCUT2D eigenvalue weighted by Crippen LogP contribution is 2.35. The van der Waals surface area contributed by atoms with Crippen LogP contribution in [0.5, 0.6) is 0 Å². The van der Waals surface area contributed by atoms with Gasteiger partial charge in [0, 0.05) is 44.9 Å². The number of benzene rings is 1. The topological polar surface area (TPSA) is 129 Å². The number of likely N-dealkylation sites (N-methyl/N-ethyl adjacent to an activating group) is 1. The Bertz CT molecular complexity index is 1110. The number of nitrogens with two attached hydrogens (primary N) is 1. The fourth-order valence-electron chi connectivity index (χ4n) is 5.87. The molecule has 9 heteroatoms. The first-order valence-corrected chi connectivity index (χ1v) is 14.6. The minimum Gasteiger partial charge on any atom is -0.357 e. The van der Waals surface area contributed by atoms with Crippen LogP contribution in [0.1, 0.15) is 62.3 Å². The lowest BCUT2D eigenvalue weighted by Gasteiger charge is -2.28. The van der Waals surface area contributed by atoms with Gasteiger partial charge in [-0.15, -0.1) is 0 Å². The molecule has 218 valence electrons. The van der Waals surface area contributed by atoms with E-state index in [1.165, 1.54) is 0 Å². The summed E-state index contributed by atoms with van der Waals surface area (Å²) < 4.78 is 0. The van der Waals surface area contributed by atoms with Crippen molar-refractivity contribution in [3.05, 3.63) is 65.5 Å². The summed E-state index contributed by atoms with van der Waals surface area (Å²) in [6.45, 7) is 8.43. The van der Waals surface area contributed by atoms with Crippen LogP contribution < -0.4 is 21.7 Å². The van der Waals surface area contributed by atoms with E-state index in [2.05, 4.69) is 20.9 Å². The Morgan fingerprint density at radius 3 is 2.40 bits per heavy atom. The number of hydrogen-bond donors (Lipinski definition) is 4. The Morgan fingerprint density at radius 2 is 1.75 bits per heavy atom. The van der Waals surface area contributed by atoms with Crippen molar-refractivity contribution in [2.45, 2.75) is 71.0 Å². The molecule has 2 fully saturated rings. The van der Waals surface area contributed by atoms with E-state index in [0.717, 1.165) is 42.6 Å². The molecule has 0 bridgehead atoms. The summed E-state index contributed by atoms with van der Waals surface area (Å²) >= 11 is 0. The van der Waals surface area contributed by atoms with E-state index in [4.69, 9.17) is 5.73 Å². The predicted octanol–water partition coefficient (Wildman–Crippen LogP) is 2.50. The average molecular weight is 551 g/mol. The molecule has 3 amide bonds. The monoisotopic (exact) mass is 550 g/mol. The van der Waals surface area contributed by atoms with Crippen LogP contribution in [-0.4, -0.2) is 66.4 Å². The molecular weight excluding hydrogens is 504 g/mol. The fraction of sp³-hybridized carbons (Fsp3) is 0.548. The van der Waals surface area contributed by atoms with Gasteiger partial charge in [0.25, 0.3) is 0 Å². The number of amides is 3. The standard InChI is InChI=1S/C29H40N6O3.C2H6/c1-19-5-3-4-6-23(19)24(30)17-27(36)35-18-22(21-9-13-33-14-10-21)16-26(35)29(38)34-25(28(37)31-2)15-20-7-11-32-12-8-20;1-2/h3-8,11-12,21-22,24-26,33H,9-10,13-18,30H2,1-2H3,(H,31,37)(H,34,38);1-2H3/t22?,24-,25?,26-;/m0./s1. The molecule has 1 aromatic heterocycles. The highest BCUT2D eigenvalue weighted by molar-refractivity contribution is 5.92. The lowest BCUT2D eigenvalue weighted by atomic mass is 9.83. The van der Waals surface area contributed by atoms with E-state index in [1.807, 2.05) is 57.2 Å². The van der Waals surface area contributed by atoms with Gasteiger partial charge in [-0.1, -0.05) is 38.1 Å². The first-order chi connectivity index (χ1) is 19.4. The van der Waals surface area contributed by atoms with Gasteiger partial charge in [0.2, 0.25) is 17.7 Å². The average Bonchev–Trinajstić information content (AvgIpc) is 3.45. The van der Waals surface area contributed by atoms with Gasteiger partial charge in [-0.25, -0.2) is 0 Å². The van der Waals surface area contributed by atoms with Crippen LogP contribution in [0.2, 0.25) is 0 Å². The molecule has 4 rings (SSSR count). The van der Waals surface area contributed by atoms with E-state index in [-0.39, 0.29) is 30.1 Å². The molecule has 2 aliphatic rings. The highest BCUT2D eigenvalue weighted by Gasteiger charge is 2.43. The van der Waals surface area contributed by atoms with Crippen molar-refractivity contribution in [2.24, 2.45) is 17.6 Å². The first-order valence-electron chi connectivity index (χ1n) is 14.6. The van der Waals surface area contributed by atoms with E-state index >= 15 is 0 Å². The molecule has 2 unspecified atom stereocenters. The van der Waals surface area contributed by atoms with E-state index in [9.17, 15) is 14.4 Å². The summed E-state index contributed by atoms with van der Waals surface area (Å²) in [6, 6.07) is 9.64. The van der Waals surface area contributed by atoms with Crippen molar-refractivity contribution in [3.8, 4) is 0 Å². The number of carbonyl (C=O) groups excluding carboxylic acids is 3. The molecule has 0 spiro atoms. The summed E-state index contributed by atoms with van der Waals surface area (Å²) in [6.07, 6.45) is 6.46. The summed E-state index contributed by atoms with van der Waals surface area (Å²) in [4.78, 5) is 45.7. The predicted molar refractivity (Wildman–Crippen MR) is 157 cm³/mol. The Morgan fingerprint density at radius 1 is 1.07 bits per heavy atom. The van der Waals surface area contributed by atoms with Crippen molar-refractivity contribution >= 4 is 17.7 Å². The Kier molecular flexibility index (Phi) is 12.1. The third-order valence-corrected chi connectivity index (χ3v) is 8.06. The van der Waals surface area contributed by atoms with Crippen molar-refractivity contribution in [1.82, 2.24) is 25.8 Å². The van der Waals surface area contributed by atoms with Crippen LogP contribution in [0.25, 0.3) is 0 Å². The molecule has 0 radical (unpaired) electrons. The van der Waals surface area contributed by atoms with Crippen LogP contribution >= 0.6 is 0 Å². The smallest absolute Gasteiger partial charge is 0.243 e. The van der Waals surface area contributed by atoms with Gasteiger partial charge >= 0.3 is 0 Å². The molecule has 0 saturated carbocycles. The molecule has 2 aliphatic heterocycles.